The maximum absolute atomic E-state index is 15.9. The van der Waals surface area contributed by atoms with E-state index in [2.05, 4.69) is 55.8 Å². The van der Waals surface area contributed by atoms with Gasteiger partial charge in [-0.15, -0.1) is 0 Å². The minimum atomic E-state index is -0.244. The van der Waals surface area contributed by atoms with Gasteiger partial charge in [-0.1, -0.05) is 37.1 Å². The third-order valence-electron chi connectivity index (χ3n) is 7.79. The van der Waals surface area contributed by atoms with Gasteiger partial charge in [-0.3, -0.25) is 4.79 Å². The lowest BCUT2D eigenvalue weighted by Crippen LogP contribution is -2.49. The number of amides is 1. The van der Waals surface area contributed by atoms with Crippen LogP contribution in [-0.4, -0.2) is 11.9 Å². The van der Waals surface area contributed by atoms with Gasteiger partial charge < -0.3 is 16.0 Å². The van der Waals surface area contributed by atoms with Crippen molar-refractivity contribution in [3.8, 4) is 0 Å². The summed E-state index contributed by atoms with van der Waals surface area (Å²) in [6.45, 7) is 12.7. The molecule has 0 saturated carbocycles. The van der Waals surface area contributed by atoms with Gasteiger partial charge in [0.05, 0.1) is 34.7 Å². The van der Waals surface area contributed by atoms with Crippen molar-refractivity contribution in [2.75, 3.05) is 5.32 Å². The van der Waals surface area contributed by atoms with Crippen LogP contribution >= 0.6 is 0 Å². The molecule has 0 bridgehead atoms. The molecule has 32 heavy (non-hydrogen) atoms. The van der Waals surface area contributed by atoms with Gasteiger partial charge in [0.1, 0.15) is 5.83 Å². The first-order chi connectivity index (χ1) is 15.1. The second-order valence-electron chi connectivity index (χ2n) is 10.5. The quantitative estimate of drug-likeness (QED) is 0.535. The van der Waals surface area contributed by atoms with E-state index in [0.717, 1.165) is 34.5 Å². The van der Waals surface area contributed by atoms with E-state index in [1.54, 1.807) is 0 Å². The maximum atomic E-state index is 15.9. The minimum Gasteiger partial charge on any atom is -0.375 e. The van der Waals surface area contributed by atoms with Gasteiger partial charge in [-0.05, 0) is 56.9 Å². The third-order valence-corrected chi connectivity index (χ3v) is 7.79. The number of halogens is 1. The molecule has 5 aliphatic rings. The average molecular weight is 430 g/mol. The SMILES string of the molecule is CC1=C(C)CC([C@@H]2NC3=C4Nc5c(cc(C)c6c5C(=O)NC6C)C(F)=C4C3=CC2(C)C)=C1. The lowest BCUT2D eigenvalue weighted by molar-refractivity contribution is 0.0959. The molecule has 0 radical (unpaired) electrons. The van der Waals surface area contributed by atoms with Crippen LogP contribution < -0.4 is 16.0 Å². The largest absolute Gasteiger partial charge is 0.375 e. The molecule has 0 fully saturated rings. The van der Waals surface area contributed by atoms with Crippen LogP contribution in [0.2, 0.25) is 0 Å². The molecule has 6 rings (SSSR count). The standard InChI is InChI=1S/C27H28FN3O/c1-11-7-15(8-12(11)2)25-27(5,6)10-17-19-21(28)16-9-13(3)18-14(4)29-26(32)20(18)22(16)30-24(19)23(17)31-25/h7,9-10,14,25,30-31H,8H2,1-6H3,(H,29,32)/t14?,25-/m0/s1. The number of carbonyl (C=O) groups excluding carboxylic acids is 1. The minimum absolute atomic E-state index is 0.0705. The molecule has 0 aromatic heterocycles. The Morgan fingerprint density at radius 1 is 1.12 bits per heavy atom. The Morgan fingerprint density at radius 3 is 2.56 bits per heavy atom. The van der Waals surface area contributed by atoms with Gasteiger partial charge in [0.2, 0.25) is 0 Å². The molecule has 2 atom stereocenters. The van der Waals surface area contributed by atoms with Gasteiger partial charge in [0, 0.05) is 22.1 Å². The highest BCUT2D eigenvalue weighted by atomic mass is 19.1. The molecule has 3 N–H and O–H groups in total. The summed E-state index contributed by atoms with van der Waals surface area (Å²) in [5.74, 6) is -0.382. The van der Waals surface area contributed by atoms with E-state index in [1.165, 1.54) is 16.7 Å². The Hall–Kier alpha value is -3.08. The first-order valence-electron chi connectivity index (χ1n) is 11.4. The maximum Gasteiger partial charge on any atom is 0.254 e. The van der Waals surface area contributed by atoms with Crippen LogP contribution in [0.5, 0.6) is 0 Å². The predicted molar refractivity (Wildman–Crippen MR) is 126 cm³/mol. The number of rotatable bonds is 1. The van der Waals surface area contributed by atoms with Crippen molar-refractivity contribution in [3.05, 3.63) is 79.7 Å². The molecular formula is C27H28FN3O. The summed E-state index contributed by atoms with van der Waals surface area (Å²) in [7, 11) is 0. The van der Waals surface area contributed by atoms with Gasteiger partial charge >= 0.3 is 0 Å². The Labute approximate surface area is 188 Å². The van der Waals surface area contributed by atoms with Crippen LogP contribution in [0.3, 0.4) is 0 Å². The highest BCUT2D eigenvalue weighted by Gasteiger charge is 2.47. The van der Waals surface area contributed by atoms with E-state index in [9.17, 15) is 4.79 Å². The number of carbonyl (C=O) groups is 1. The molecular weight excluding hydrogens is 401 g/mol. The van der Waals surface area contributed by atoms with Crippen LogP contribution in [0.15, 0.2) is 57.5 Å². The Balaban J connectivity index is 1.49. The van der Waals surface area contributed by atoms with Crippen molar-refractivity contribution in [3.63, 3.8) is 0 Å². The molecule has 164 valence electrons. The summed E-state index contributed by atoms with van der Waals surface area (Å²) in [6.07, 6.45) is 5.48. The summed E-state index contributed by atoms with van der Waals surface area (Å²) in [6, 6.07) is 1.94. The van der Waals surface area contributed by atoms with Gasteiger partial charge in [-0.25, -0.2) is 4.39 Å². The molecule has 3 heterocycles. The monoisotopic (exact) mass is 429 g/mol. The first-order valence-corrected chi connectivity index (χ1v) is 11.4. The van der Waals surface area contributed by atoms with Crippen molar-refractivity contribution in [1.29, 1.82) is 0 Å². The van der Waals surface area contributed by atoms with E-state index in [0.29, 0.717) is 22.4 Å². The second-order valence-corrected chi connectivity index (χ2v) is 10.5. The summed E-state index contributed by atoms with van der Waals surface area (Å²) >= 11 is 0. The summed E-state index contributed by atoms with van der Waals surface area (Å²) in [4.78, 5) is 12.7. The van der Waals surface area contributed by atoms with Gasteiger partial charge in [0.25, 0.3) is 5.91 Å². The molecule has 4 nitrogen and oxygen atoms in total. The van der Waals surface area contributed by atoms with Crippen LogP contribution in [0.1, 0.15) is 74.1 Å². The second kappa shape index (κ2) is 6.03. The fourth-order valence-corrected chi connectivity index (χ4v) is 6.07. The Bertz CT molecular complexity index is 1320. The average Bonchev–Trinajstić information content (AvgIpc) is 3.19. The number of aryl methyl sites for hydroxylation is 1. The van der Waals surface area contributed by atoms with Crippen LogP contribution in [0.4, 0.5) is 10.1 Å². The zero-order valence-corrected chi connectivity index (χ0v) is 19.4. The molecule has 0 spiro atoms. The smallest absolute Gasteiger partial charge is 0.254 e. The Morgan fingerprint density at radius 2 is 1.88 bits per heavy atom. The van der Waals surface area contributed by atoms with E-state index in [1.807, 2.05) is 19.9 Å². The third kappa shape index (κ3) is 2.34. The molecule has 3 aliphatic heterocycles. The lowest BCUT2D eigenvalue weighted by atomic mass is 9.69. The molecule has 1 aromatic carbocycles. The van der Waals surface area contributed by atoms with Crippen molar-refractivity contribution in [1.82, 2.24) is 10.6 Å². The van der Waals surface area contributed by atoms with Gasteiger partial charge in [0.15, 0.2) is 0 Å². The van der Waals surface area contributed by atoms with E-state index >= 15 is 4.39 Å². The van der Waals surface area contributed by atoms with Crippen LogP contribution in [0, 0.1) is 12.3 Å². The van der Waals surface area contributed by atoms with E-state index < -0.39 is 0 Å². The zero-order valence-electron chi connectivity index (χ0n) is 19.4. The normalized spacial score (nSPS) is 26.9. The number of hydrogen-bond acceptors (Lipinski definition) is 3. The summed E-state index contributed by atoms with van der Waals surface area (Å²) in [5.41, 5.74) is 10.8. The number of nitrogens with one attached hydrogen (secondary N) is 3. The molecule has 1 aromatic rings. The van der Waals surface area contributed by atoms with Crippen molar-refractivity contribution in [2.45, 2.75) is 60.0 Å². The lowest BCUT2D eigenvalue weighted by Gasteiger charge is -2.47. The van der Waals surface area contributed by atoms with Crippen molar-refractivity contribution in [2.24, 2.45) is 5.41 Å². The number of hydrogen-bond donors (Lipinski definition) is 3. The molecule has 0 saturated heterocycles. The van der Waals surface area contributed by atoms with Gasteiger partial charge in [-0.2, -0.15) is 0 Å². The highest BCUT2D eigenvalue weighted by Crippen LogP contribution is 2.55. The fourth-order valence-electron chi connectivity index (χ4n) is 6.07. The number of benzene rings is 1. The number of allylic oxidation sites excluding steroid dienone is 5. The van der Waals surface area contributed by atoms with Crippen LogP contribution in [0.25, 0.3) is 5.83 Å². The van der Waals surface area contributed by atoms with Crippen molar-refractivity contribution >= 4 is 17.4 Å². The summed E-state index contributed by atoms with van der Waals surface area (Å²) in [5, 5.41) is 10.2. The first kappa shape index (κ1) is 19.6. The van der Waals surface area contributed by atoms with E-state index in [4.69, 9.17) is 0 Å². The number of anilines is 1. The van der Waals surface area contributed by atoms with Crippen LogP contribution in [-0.2, 0) is 0 Å². The highest BCUT2D eigenvalue weighted by molar-refractivity contribution is 6.09. The van der Waals surface area contributed by atoms with Crippen molar-refractivity contribution < 1.29 is 9.18 Å². The number of fused-ring (bicyclic) bond motifs is 6. The fraction of sp³-hybridized carbons (Fsp3) is 0.370. The summed E-state index contributed by atoms with van der Waals surface area (Å²) < 4.78 is 15.9. The van der Waals surface area contributed by atoms with E-state index in [-0.39, 0.29) is 29.2 Å². The molecule has 5 heteroatoms. The zero-order chi connectivity index (χ0) is 22.7. The Kier molecular flexibility index (Phi) is 3.69. The predicted octanol–water partition coefficient (Wildman–Crippen LogP) is 5.72. The topological polar surface area (TPSA) is 53.2 Å². The molecule has 1 unspecified atom stereocenters. The molecule has 1 amide bonds. The molecule has 2 aliphatic carbocycles.